The summed E-state index contributed by atoms with van der Waals surface area (Å²) in [5, 5.41) is 11.3. The van der Waals surface area contributed by atoms with Crippen molar-refractivity contribution in [2.75, 3.05) is 6.54 Å². The van der Waals surface area contributed by atoms with Crippen molar-refractivity contribution in [3.63, 3.8) is 0 Å². The normalized spacial score (nSPS) is 11.9. The van der Waals surface area contributed by atoms with Crippen molar-refractivity contribution in [3.8, 4) is 5.69 Å². The zero-order valence-electron chi connectivity index (χ0n) is 19.2. The van der Waals surface area contributed by atoms with Crippen molar-refractivity contribution >= 4 is 29.9 Å². The molecule has 0 aliphatic heterocycles. The molecule has 0 radical (unpaired) electrons. The number of guanidine groups is 1. The molecule has 2 aromatic heterocycles. The van der Waals surface area contributed by atoms with E-state index in [1.807, 2.05) is 36.7 Å². The second kappa shape index (κ2) is 10.8. The molecule has 2 heterocycles. The van der Waals surface area contributed by atoms with E-state index in [1.165, 1.54) is 0 Å². The lowest BCUT2D eigenvalue weighted by Gasteiger charge is -2.13. The molecule has 0 amide bonds. The zero-order valence-corrected chi connectivity index (χ0v) is 21.5. The van der Waals surface area contributed by atoms with Crippen molar-refractivity contribution in [3.05, 3.63) is 65.1 Å². The third-order valence-corrected chi connectivity index (χ3v) is 4.88. The maximum Gasteiger partial charge on any atom is 0.213 e. The summed E-state index contributed by atoms with van der Waals surface area (Å²) in [7, 11) is 0. The van der Waals surface area contributed by atoms with Crippen molar-refractivity contribution < 1.29 is 4.42 Å². The minimum absolute atomic E-state index is 0. The van der Waals surface area contributed by atoms with Crippen LogP contribution >= 0.6 is 24.0 Å². The Morgan fingerprint density at radius 3 is 2.45 bits per heavy atom. The van der Waals surface area contributed by atoms with Crippen molar-refractivity contribution in [1.29, 1.82) is 0 Å². The number of para-hydroxylation sites is 1. The molecule has 168 valence electrons. The van der Waals surface area contributed by atoms with Crippen molar-refractivity contribution in [2.45, 2.75) is 60.0 Å². The predicted octanol–water partition coefficient (Wildman–Crippen LogP) is 4.65. The highest BCUT2D eigenvalue weighted by molar-refractivity contribution is 14.0. The molecule has 3 rings (SSSR count). The summed E-state index contributed by atoms with van der Waals surface area (Å²) in [5.41, 5.74) is 4.20. The average molecular weight is 536 g/mol. The first-order valence-electron chi connectivity index (χ1n) is 10.4. The van der Waals surface area contributed by atoms with E-state index in [1.54, 1.807) is 6.20 Å². The van der Waals surface area contributed by atoms with Crippen molar-refractivity contribution in [1.82, 2.24) is 25.4 Å². The molecule has 0 atom stereocenters. The molecule has 31 heavy (non-hydrogen) atoms. The minimum atomic E-state index is -0.0577. The predicted molar refractivity (Wildman–Crippen MR) is 135 cm³/mol. The average Bonchev–Trinajstić information content (AvgIpc) is 3.30. The van der Waals surface area contributed by atoms with E-state index < -0.39 is 0 Å². The van der Waals surface area contributed by atoms with Crippen LogP contribution in [0.5, 0.6) is 0 Å². The van der Waals surface area contributed by atoms with Gasteiger partial charge in [0.2, 0.25) is 5.89 Å². The molecule has 3 aromatic rings. The molecule has 0 fully saturated rings. The van der Waals surface area contributed by atoms with Gasteiger partial charge in [-0.1, -0.05) is 39.0 Å². The molecule has 0 saturated heterocycles. The summed E-state index contributed by atoms with van der Waals surface area (Å²) >= 11 is 0. The fourth-order valence-corrected chi connectivity index (χ4v) is 3.12. The van der Waals surface area contributed by atoms with E-state index in [0.717, 1.165) is 40.9 Å². The standard InChI is InChI=1S/C23H32N6O.HI/c1-7-24-22(27-15-21-25-14-20(30-21)23(4,5)6)26-13-19-16(2)28-29(17(19)3)18-11-9-8-10-12-18;/h8-12,14H,7,13,15H2,1-6H3,(H2,24,26,27);1H. The van der Waals surface area contributed by atoms with Crippen LogP contribution in [0, 0.1) is 13.8 Å². The lowest BCUT2D eigenvalue weighted by atomic mass is 9.94. The molecular formula is C23H33IN6O. The first-order valence-corrected chi connectivity index (χ1v) is 10.4. The highest BCUT2D eigenvalue weighted by Gasteiger charge is 2.19. The van der Waals surface area contributed by atoms with Crippen LogP contribution in [0.15, 0.2) is 45.9 Å². The van der Waals surface area contributed by atoms with Crippen LogP contribution in [0.25, 0.3) is 5.69 Å². The molecule has 0 saturated carbocycles. The van der Waals surface area contributed by atoms with Gasteiger partial charge in [-0.2, -0.15) is 5.10 Å². The SMILES string of the molecule is CCNC(=NCc1c(C)nn(-c2ccccc2)c1C)NCc1ncc(C(C)(C)C)o1.I. The largest absolute Gasteiger partial charge is 0.443 e. The van der Waals surface area contributed by atoms with Crippen molar-refractivity contribution in [2.24, 2.45) is 4.99 Å². The molecular weight excluding hydrogens is 503 g/mol. The van der Waals surface area contributed by atoms with E-state index in [-0.39, 0.29) is 29.4 Å². The Labute approximate surface area is 201 Å². The highest BCUT2D eigenvalue weighted by atomic mass is 127. The summed E-state index contributed by atoms with van der Waals surface area (Å²) in [6.07, 6.45) is 1.80. The second-order valence-corrected chi connectivity index (χ2v) is 8.31. The first kappa shape index (κ1) is 24.9. The molecule has 0 aliphatic rings. The number of nitrogens with zero attached hydrogens (tertiary/aromatic N) is 4. The number of hydrogen-bond acceptors (Lipinski definition) is 4. The minimum Gasteiger partial charge on any atom is -0.443 e. The van der Waals surface area contributed by atoms with Gasteiger partial charge in [-0.3, -0.25) is 0 Å². The number of halogens is 1. The van der Waals surface area contributed by atoms with Gasteiger partial charge in [0.25, 0.3) is 0 Å². The maximum absolute atomic E-state index is 5.86. The Balaban J connectivity index is 0.00000341. The van der Waals surface area contributed by atoms with E-state index >= 15 is 0 Å². The molecule has 1 aromatic carbocycles. The Morgan fingerprint density at radius 1 is 1.13 bits per heavy atom. The fraction of sp³-hybridized carbons (Fsp3) is 0.435. The van der Waals surface area contributed by atoms with E-state index in [9.17, 15) is 0 Å². The van der Waals surface area contributed by atoms with Crippen LogP contribution in [0.2, 0.25) is 0 Å². The first-order chi connectivity index (χ1) is 14.3. The number of hydrogen-bond donors (Lipinski definition) is 2. The van der Waals surface area contributed by atoms with Gasteiger partial charge in [-0.15, -0.1) is 24.0 Å². The Hall–Kier alpha value is -2.36. The summed E-state index contributed by atoms with van der Waals surface area (Å²) in [5.74, 6) is 2.25. The number of benzene rings is 1. The van der Waals surface area contributed by atoms with Gasteiger partial charge in [-0.05, 0) is 32.9 Å². The quantitative estimate of drug-likeness (QED) is 0.273. The van der Waals surface area contributed by atoms with Crippen LogP contribution in [0.4, 0.5) is 0 Å². The number of aliphatic imine (C=N–C) groups is 1. The molecule has 0 aliphatic carbocycles. The Bertz CT molecular complexity index is 1000. The van der Waals surface area contributed by atoms with Gasteiger partial charge in [0.05, 0.1) is 30.7 Å². The summed E-state index contributed by atoms with van der Waals surface area (Å²) in [4.78, 5) is 9.13. The zero-order chi connectivity index (χ0) is 21.7. The molecule has 0 spiro atoms. The third kappa shape index (κ3) is 6.32. The molecule has 0 bridgehead atoms. The van der Waals surface area contributed by atoms with Gasteiger partial charge in [0.15, 0.2) is 5.96 Å². The summed E-state index contributed by atoms with van der Waals surface area (Å²) < 4.78 is 7.83. The molecule has 0 unspecified atom stereocenters. The highest BCUT2D eigenvalue weighted by Crippen LogP contribution is 2.22. The summed E-state index contributed by atoms with van der Waals surface area (Å²) in [6, 6.07) is 10.2. The lowest BCUT2D eigenvalue weighted by Crippen LogP contribution is -2.36. The van der Waals surface area contributed by atoms with Gasteiger partial charge < -0.3 is 15.1 Å². The number of oxazole rings is 1. The molecule has 2 N–H and O–H groups in total. The molecule has 8 heteroatoms. The van der Waals surface area contributed by atoms with Crippen LogP contribution in [-0.4, -0.2) is 27.3 Å². The number of nitrogens with one attached hydrogen (secondary N) is 2. The van der Waals surface area contributed by atoms with Gasteiger partial charge in [0.1, 0.15) is 5.76 Å². The van der Waals surface area contributed by atoms with Gasteiger partial charge >= 0.3 is 0 Å². The second-order valence-electron chi connectivity index (χ2n) is 8.31. The van der Waals surface area contributed by atoms with Gasteiger partial charge in [0, 0.05) is 23.2 Å². The number of aromatic nitrogens is 3. The van der Waals surface area contributed by atoms with Crippen LogP contribution in [-0.2, 0) is 18.5 Å². The molecule has 7 nitrogen and oxygen atoms in total. The number of rotatable bonds is 6. The van der Waals surface area contributed by atoms with Gasteiger partial charge in [-0.25, -0.2) is 14.7 Å². The maximum atomic E-state index is 5.86. The van der Waals surface area contributed by atoms with E-state index in [0.29, 0.717) is 19.0 Å². The van der Waals surface area contributed by atoms with Crippen LogP contribution in [0.3, 0.4) is 0 Å². The number of aryl methyl sites for hydroxylation is 1. The van der Waals surface area contributed by atoms with E-state index in [4.69, 9.17) is 14.5 Å². The Morgan fingerprint density at radius 2 is 1.84 bits per heavy atom. The smallest absolute Gasteiger partial charge is 0.213 e. The summed E-state index contributed by atoms with van der Waals surface area (Å²) in [6.45, 7) is 14.3. The van der Waals surface area contributed by atoms with E-state index in [2.05, 4.69) is 55.4 Å². The lowest BCUT2D eigenvalue weighted by molar-refractivity contribution is 0.379. The monoisotopic (exact) mass is 536 g/mol. The Kier molecular flexibility index (Phi) is 8.67. The topological polar surface area (TPSA) is 80.3 Å². The fourth-order valence-electron chi connectivity index (χ4n) is 3.12. The van der Waals surface area contributed by atoms with Crippen LogP contribution in [0.1, 0.15) is 56.3 Å². The van der Waals surface area contributed by atoms with Crippen LogP contribution < -0.4 is 10.6 Å². The third-order valence-electron chi connectivity index (χ3n) is 4.88.